The van der Waals surface area contributed by atoms with Crippen molar-refractivity contribution in [2.45, 2.75) is 19.3 Å². The highest BCUT2D eigenvalue weighted by Gasteiger charge is 2.38. The van der Waals surface area contributed by atoms with Crippen LogP contribution >= 0.6 is 0 Å². The zero-order chi connectivity index (χ0) is 36.9. The van der Waals surface area contributed by atoms with Crippen LogP contribution in [0.5, 0.6) is 0 Å². The molecule has 0 amide bonds. The summed E-state index contributed by atoms with van der Waals surface area (Å²) in [5.41, 5.74) is 14.9. The Labute approximate surface area is 321 Å². The van der Waals surface area contributed by atoms with Crippen molar-refractivity contribution >= 4 is 10.8 Å². The van der Waals surface area contributed by atoms with Gasteiger partial charge in [-0.3, -0.25) is 0 Å². The van der Waals surface area contributed by atoms with E-state index in [0.717, 1.165) is 33.4 Å². The molecular weight excluding hydrogens is 667 g/mol. The SMILES string of the molecule is CC1(C)c2ccccc2-c2cccc(-c3c(-c4nc(-c5ccc(-c6ccccc6)cc5)nc(-c5ccc(-c6ccccc6)cc5)n4)ccc4ccccc34)c21. The third kappa shape index (κ3) is 5.64. The van der Waals surface area contributed by atoms with Gasteiger partial charge < -0.3 is 0 Å². The van der Waals surface area contributed by atoms with Gasteiger partial charge in [0.1, 0.15) is 0 Å². The molecule has 55 heavy (non-hydrogen) atoms. The van der Waals surface area contributed by atoms with Gasteiger partial charge in [-0.15, -0.1) is 0 Å². The maximum absolute atomic E-state index is 5.31. The molecule has 3 heteroatoms. The van der Waals surface area contributed by atoms with Crippen molar-refractivity contribution in [2.24, 2.45) is 0 Å². The smallest absolute Gasteiger partial charge is 0.164 e. The second-order valence-corrected chi connectivity index (χ2v) is 14.8. The van der Waals surface area contributed by atoms with Gasteiger partial charge in [0.15, 0.2) is 17.5 Å². The maximum atomic E-state index is 5.31. The molecular formula is C52H37N3. The second kappa shape index (κ2) is 13.2. The molecule has 0 unspecified atom stereocenters. The van der Waals surface area contributed by atoms with E-state index >= 15 is 0 Å². The van der Waals surface area contributed by atoms with Crippen molar-refractivity contribution in [3.8, 4) is 78.7 Å². The highest BCUT2D eigenvalue weighted by atomic mass is 15.0. The Morgan fingerprint density at radius 1 is 0.327 bits per heavy atom. The second-order valence-electron chi connectivity index (χ2n) is 14.8. The van der Waals surface area contributed by atoms with Gasteiger partial charge in [0, 0.05) is 27.7 Å². The van der Waals surface area contributed by atoms with Crippen molar-refractivity contribution in [2.75, 3.05) is 0 Å². The maximum Gasteiger partial charge on any atom is 0.164 e. The van der Waals surface area contributed by atoms with Crippen LogP contribution < -0.4 is 0 Å². The minimum absolute atomic E-state index is 0.201. The fourth-order valence-electron chi connectivity index (χ4n) is 8.44. The molecule has 0 saturated heterocycles. The lowest BCUT2D eigenvalue weighted by atomic mass is 9.77. The van der Waals surface area contributed by atoms with Gasteiger partial charge in [0.25, 0.3) is 0 Å². The summed E-state index contributed by atoms with van der Waals surface area (Å²) in [6.07, 6.45) is 0. The van der Waals surface area contributed by atoms with Crippen LogP contribution in [0.15, 0.2) is 188 Å². The molecule has 1 aromatic heterocycles. The first-order valence-electron chi connectivity index (χ1n) is 18.9. The van der Waals surface area contributed by atoms with E-state index in [0.29, 0.717) is 17.5 Å². The van der Waals surface area contributed by atoms with Crippen molar-refractivity contribution in [3.63, 3.8) is 0 Å². The predicted octanol–water partition coefficient (Wildman–Crippen LogP) is 13.3. The van der Waals surface area contributed by atoms with E-state index in [1.54, 1.807) is 0 Å². The van der Waals surface area contributed by atoms with Gasteiger partial charge in [-0.25, -0.2) is 15.0 Å². The molecule has 0 fully saturated rings. The van der Waals surface area contributed by atoms with E-state index < -0.39 is 0 Å². The monoisotopic (exact) mass is 703 g/mol. The Bertz CT molecular complexity index is 2760. The number of hydrogen-bond acceptors (Lipinski definition) is 3. The lowest BCUT2D eigenvalue weighted by molar-refractivity contribution is 0.662. The van der Waals surface area contributed by atoms with Crippen LogP contribution in [0, 0.1) is 0 Å². The summed E-state index contributed by atoms with van der Waals surface area (Å²) in [4.78, 5) is 15.8. The van der Waals surface area contributed by atoms with E-state index in [1.165, 1.54) is 49.7 Å². The van der Waals surface area contributed by atoms with Crippen LogP contribution in [0.25, 0.3) is 89.4 Å². The minimum Gasteiger partial charge on any atom is -0.208 e. The molecule has 0 bridgehead atoms. The van der Waals surface area contributed by atoms with Crippen LogP contribution in [-0.4, -0.2) is 15.0 Å². The lowest BCUT2D eigenvalue weighted by Crippen LogP contribution is -2.16. The summed E-state index contributed by atoms with van der Waals surface area (Å²) >= 11 is 0. The number of hydrogen-bond donors (Lipinski definition) is 0. The molecule has 10 rings (SSSR count). The van der Waals surface area contributed by atoms with Crippen molar-refractivity contribution in [3.05, 3.63) is 199 Å². The van der Waals surface area contributed by atoms with E-state index in [4.69, 9.17) is 15.0 Å². The fourth-order valence-corrected chi connectivity index (χ4v) is 8.44. The summed E-state index contributed by atoms with van der Waals surface area (Å²) in [5.74, 6) is 1.92. The highest BCUT2D eigenvalue weighted by Crippen LogP contribution is 2.53. The summed E-state index contributed by atoms with van der Waals surface area (Å²) in [6, 6.07) is 66.6. The molecule has 0 radical (unpaired) electrons. The van der Waals surface area contributed by atoms with Crippen molar-refractivity contribution in [1.29, 1.82) is 0 Å². The molecule has 1 heterocycles. The third-order valence-electron chi connectivity index (χ3n) is 11.2. The molecule has 0 N–H and O–H groups in total. The highest BCUT2D eigenvalue weighted by molar-refractivity contribution is 6.06. The van der Waals surface area contributed by atoms with Crippen molar-refractivity contribution < 1.29 is 0 Å². The number of benzene rings is 8. The van der Waals surface area contributed by atoms with Crippen LogP contribution in [0.3, 0.4) is 0 Å². The first-order chi connectivity index (χ1) is 27.0. The number of aromatic nitrogens is 3. The van der Waals surface area contributed by atoms with Crippen LogP contribution in [0.2, 0.25) is 0 Å². The molecule has 8 aromatic carbocycles. The van der Waals surface area contributed by atoms with Gasteiger partial charge in [-0.2, -0.15) is 0 Å². The van der Waals surface area contributed by atoms with E-state index in [1.807, 2.05) is 12.1 Å². The van der Waals surface area contributed by atoms with Crippen LogP contribution in [0.4, 0.5) is 0 Å². The number of rotatable bonds is 6. The van der Waals surface area contributed by atoms with Crippen molar-refractivity contribution in [1.82, 2.24) is 15.0 Å². The lowest BCUT2D eigenvalue weighted by Gasteiger charge is -2.26. The first-order valence-corrected chi connectivity index (χ1v) is 18.9. The molecule has 1 aliphatic carbocycles. The molecule has 9 aromatic rings. The average Bonchev–Trinajstić information content (AvgIpc) is 3.50. The van der Waals surface area contributed by atoms with Gasteiger partial charge in [0.05, 0.1) is 0 Å². The molecule has 0 saturated carbocycles. The van der Waals surface area contributed by atoms with Crippen LogP contribution in [0.1, 0.15) is 25.0 Å². The topological polar surface area (TPSA) is 38.7 Å². The first kappa shape index (κ1) is 32.7. The Hall–Kier alpha value is -6.97. The Morgan fingerprint density at radius 2 is 0.800 bits per heavy atom. The molecule has 3 nitrogen and oxygen atoms in total. The minimum atomic E-state index is -0.201. The number of nitrogens with zero attached hydrogens (tertiary/aromatic N) is 3. The molecule has 1 aliphatic rings. The standard InChI is InChI=1S/C52H37N3/c1-52(2)46-23-12-11-20-42(46)43-21-13-22-44(48(43)52)47-41-19-10-9-18-38(41)32-33-45(47)51-54-49(39-28-24-36(25-29-39)34-14-5-3-6-15-34)53-50(55-51)40-30-26-37(27-31-40)35-16-7-4-8-17-35/h3-33H,1-2H3. The van der Waals surface area contributed by atoms with E-state index in [2.05, 4.69) is 190 Å². The Morgan fingerprint density at radius 3 is 1.44 bits per heavy atom. The Balaban J connectivity index is 1.19. The third-order valence-corrected chi connectivity index (χ3v) is 11.2. The molecule has 0 spiro atoms. The number of fused-ring (bicyclic) bond motifs is 4. The summed E-state index contributed by atoms with van der Waals surface area (Å²) in [7, 11) is 0. The summed E-state index contributed by atoms with van der Waals surface area (Å²) in [6.45, 7) is 4.70. The summed E-state index contributed by atoms with van der Waals surface area (Å²) in [5, 5.41) is 2.35. The Kier molecular flexibility index (Phi) is 7.81. The van der Waals surface area contributed by atoms with Gasteiger partial charge in [-0.05, 0) is 66.9 Å². The van der Waals surface area contributed by atoms with Gasteiger partial charge in [-0.1, -0.05) is 196 Å². The van der Waals surface area contributed by atoms with Gasteiger partial charge in [0.2, 0.25) is 0 Å². The molecule has 260 valence electrons. The summed E-state index contributed by atoms with van der Waals surface area (Å²) < 4.78 is 0. The average molecular weight is 704 g/mol. The molecule has 0 aliphatic heterocycles. The van der Waals surface area contributed by atoms with E-state index in [-0.39, 0.29) is 5.41 Å². The van der Waals surface area contributed by atoms with E-state index in [9.17, 15) is 0 Å². The molecule has 0 atom stereocenters. The normalized spacial score (nSPS) is 12.7. The largest absolute Gasteiger partial charge is 0.208 e. The zero-order valence-electron chi connectivity index (χ0n) is 30.7. The zero-order valence-corrected chi connectivity index (χ0v) is 30.7. The fraction of sp³-hybridized carbons (Fsp3) is 0.0577. The van der Waals surface area contributed by atoms with Crippen LogP contribution in [-0.2, 0) is 5.41 Å². The predicted molar refractivity (Wildman–Crippen MR) is 228 cm³/mol. The quantitative estimate of drug-likeness (QED) is 0.173. The van der Waals surface area contributed by atoms with Gasteiger partial charge >= 0.3 is 0 Å².